The van der Waals surface area contributed by atoms with Gasteiger partial charge in [-0.25, -0.2) is 0 Å². The van der Waals surface area contributed by atoms with Crippen LogP contribution in [0.3, 0.4) is 0 Å². The Bertz CT molecular complexity index is 1560. The fourth-order valence-corrected chi connectivity index (χ4v) is 4.64. The maximum Gasteiger partial charge on any atom is 0.241 e. The van der Waals surface area contributed by atoms with Crippen LogP contribution in [-0.2, 0) is 17.8 Å². The number of carbonyl (C=O) groups excluding carboxylic acids is 2. The lowest BCUT2D eigenvalue weighted by Crippen LogP contribution is -2.30. The average Bonchev–Trinajstić information content (AvgIpc) is 3.59. The van der Waals surface area contributed by atoms with E-state index in [1.54, 1.807) is 24.1 Å². The van der Waals surface area contributed by atoms with E-state index in [9.17, 15) is 9.59 Å². The number of Topliss-reactive ketones (excluding diaryl/α,β-unsaturated/α-hetero) is 1. The van der Waals surface area contributed by atoms with Crippen molar-refractivity contribution in [3.05, 3.63) is 113 Å². The van der Waals surface area contributed by atoms with Crippen molar-refractivity contribution in [3.8, 4) is 11.1 Å². The highest BCUT2D eigenvalue weighted by Gasteiger charge is 2.24. The first-order chi connectivity index (χ1) is 18.5. The van der Waals surface area contributed by atoms with Crippen molar-refractivity contribution < 1.29 is 9.59 Å². The minimum absolute atomic E-state index is 0.00436. The number of rotatable bonds is 10. The minimum atomic E-state index is -0.481. The number of hydrogen-bond acceptors (Lipinski definition) is 4. The van der Waals surface area contributed by atoms with Crippen molar-refractivity contribution >= 4 is 34.2 Å². The maximum absolute atomic E-state index is 13.8. The predicted octanol–water partition coefficient (Wildman–Crippen LogP) is 5.19. The number of halogens is 1. The molecule has 1 amide bonds. The number of carbonyl (C=O) groups is 2. The second-order valence-electron chi connectivity index (χ2n) is 9.10. The summed E-state index contributed by atoms with van der Waals surface area (Å²) in [4.78, 5) is 28.8. The monoisotopic (exact) mass is 525 g/mol. The van der Waals surface area contributed by atoms with E-state index in [-0.39, 0.29) is 18.2 Å². The van der Waals surface area contributed by atoms with E-state index in [2.05, 4.69) is 20.7 Å². The summed E-state index contributed by atoms with van der Waals surface area (Å²) in [7, 11) is 1.60. The molecule has 0 bridgehead atoms. The van der Waals surface area contributed by atoms with Crippen LogP contribution in [0.5, 0.6) is 0 Å². The molecule has 5 rings (SSSR count). The van der Waals surface area contributed by atoms with E-state index in [0.717, 1.165) is 39.6 Å². The van der Waals surface area contributed by atoms with Gasteiger partial charge in [0, 0.05) is 53.0 Å². The molecule has 38 heavy (non-hydrogen) atoms. The van der Waals surface area contributed by atoms with Gasteiger partial charge in [-0.1, -0.05) is 66.2 Å². The molecule has 0 aliphatic carbocycles. The molecule has 2 heterocycles. The highest BCUT2D eigenvalue weighted by molar-refractivity contribution is 6.30. The number of nitrogens with zero attached hydrogens (tertiary/aromatic N) is 2. The number of H-pyrrole nitrogens is 1. The van der Waals surface area contributed by atoms with Crippen LogP contribution in [-0.4, -0.2) is 40.0 Å². The fourth-order valence-electron chi connectivity index (χ4n) is 4.51. The van der Waals surface area contributed by atoms with Crippen LogP contribution in [0.4, 0.5) is 0 Å². The Morgan fingerprint density at radius 3 is 2.58 bits per heavy atom. The van der Waals surface area contributed by atoms with Crippen molar-refractivity contribution in [1.82, 2.24) is 25.4 Å². The average molecular weight is 526 g/mol. The van der Waals surface area contributed by atoms with Crippen LogP contribution in [0.25, 0.3) is 22.0 Å². The Morgan fingerprint density at radius 1 is 1.03 bits per heavy atom. The summed E-state index contributed by atoms with van der Waals surface area (Å²) in [6.07, 6.45) is 6.12. The molecule has 0 saturated carbocycles. The molecule has 0 aliphatic heterocycles. The molecule has 0 fully saturated rings. The molecule has 5 aromatic rings. The van der Waals surface area contributed by atoms with Gasteiger partial charge in [-0.2, -0.15) is 5.10 Å². The molecule has 3 aromatic carbocycles. The largest absolute Gasteiger partial charge is 0.360 e. The first kappa shape index (κ1) is 25.4. The van der Waals surface area contributed by atoms with E-state index in [0.29, 0.717) is 17.1 Å². The van der Waals surface area contributed by atoms with Gasteiger partial charge in [0.2, 0.25) is 5.91 Å². The zero-order chi connectivity index (χ0) is 26.5. The van der Waals surface area contributed by atoms with Crippen LogP contribution >= 0.6 is 11.6 Å². The first-order valence-corrected chi connectivity index (χ1v) is 12.8. The number of fused-ring (bicyclic) bond motifs is 1. The SMILES string of the molecule is CNC(=O)Cn1cc(-c2ccc3c(C(=O)[C@@H](NCCc4ccc(Cl)cc4)c4ccccc4)c[nH]c3c2)cn1. The first-order valence-electron chi connectivity index (χ1n) is 12.4. The summed E-state index contributed by atoms with van der Waals surface area (Å²) in [6.45, 7) is 0.797. The number of benzene rings is 3. The van der Waals surface area contributed by atoms with Crippen molar-refractivity contribution in [2.24, 2.45) is 0 Å². The molecule has 0 aliphatic rings. The van der Waals surface area contributed by atoms with E-state index < -0.39 is 6.04 Å². The van der Waals surface area contributed by atoms with Crippen molar-refractivity contribution in [1.29, 1.82) is 0 Å². The van der Waals surface area contributed by atoms with Crippen LogP contribution < -0.4 is 10.6 Å². The van der Waals surface area contributed by atoms with Gasteiger partial charge in [0.05, 0.1) is 12.2 Å². The van der Waals surface area contributed by atoms with Gasteiger partial charge in [-0.15, -0.1) is 0 Å². The number of aromatic amines is 1. The molecular formula is C30H28ClN5O2. The summed E-state index contributed by atoms with van der Waals surface area (Å²) < 4.78 is 1.60. The van der Waals surface area contributed by atoms with E-state index in [1.807, 2.05) is 79.0 Å². The van der Waals surface area contributed by atoms with Crippen LogP contribution in [0.1, 0.15) is 27.5 Å². The normalized spacial score (nSPS) is 11.9. The molecule has 1 atom stereocenters. The molecule has 0 spiro atoms. The summed E-state index contributed by atoms with van der Waals surface area (Å²) in [5.41, 5.74) is 5.40. The number of amides is 1. The Balaban J connectivity index is 1.37. The summed E-state index contributed by atoms with van der Waals surface area (Å²) in [6, 6.07) is 23.0. The standard InChI is InChI=1S/C30H28ClN5O2/c1-32-28(37)19-36-18-23(16-35-36)22-9-12-25-26(17-34-27(25)15-22)30(38)29(21-5-3-2-4-6-21)33-14-13-20-7-10-24(31)11-8-20/h2-12,15-18,29,33-34H,13-14,19H2,1H3,(H,32,37)/t29-/m0/s1. The lowest BCUT2D eigenvalue weighted by atomic mass is 9.96. The van der Waals surface area contributed by atoms with Gasteiger partial charge >= 0.3 is 0 Å². The van der Waals surface area contributed by atoms with E-state index in [4.69, 9.17) is 11.6 Å². The molecule has 2 aromatic heterocycles. The van der Waals surface area contributed by atoms with Crippen molar-refractivity contribution in [2.75, 3.05) is 13.6 Å². The van der Waals surface area contributed by atoms with Gasteiger partial charge in [0.15, 0.2) is 5.78 Å². The minimum Gasteiger partial charge on any atom is -0.360 e. The third-order valence-corrected chi connectivity index (χ3v) is 6.82. The highest BCUT2D eigenvalue weighted by atomic mass is 35.5. The molecule has 3 N–H and O–H groups in total. The van der Waals surface area contributed by atoms with Gasteiger partial charge in [-0.05, 0) is 41.3 Å². The third kappa shape index (κ3) is 5.69. The zero-order valence-corrected chi connectivity index (χ0v) is 21.7. The Kier molecular flexibility index (Phi) is 7.67. The summed E-state index contributed by atoms with van der Waals surface area (Å²) in [5, 5.41) is 11.9. The lowest BCUT2D eigenvalue weighted by molar-refractivity contribution is -0.121. The topological polar surface area (TPSA) is 91.8 Å². The van der Waals surface area contributed by atoms with Crippen molar-refractivity contribution in [3.63, 3.8) is 0 Å². The second kappa shape index (κ2) is 11.5. The van der Waals surface area contributed by atoms with Gasteiger partial charge in [0.1, 0.15) is 6.54 Å². The van der Waals surface area contributed by atoms with Crippen LogP contribution in [0.15, 0.2) is 91.4 Å². The van der Waals surface area contributed by atoms with Gasteiger partial charge in [0.25, 0.3) is 0 Å². The fraction of sp³-hybridized carbons (Fsp3) is 0.167. The molecule has 8 heteroatoms. The number of likely N-dealkylation sites (N-methyl/N-ethyl adjacent to an activating group) is 1. The quantitative estimate of drug-likeness (QED) is 0.219. The Hall–Kier alpha value is -4.20. The van der Waals surface area contributed by atoms with Crippen LogP contribution in [0.2, 0.25) is 5.02 Å². The highest BCUT2D eigenvalue weighted by Crippen LogP contribution is 2.29. The summed E-state index contributed by atoms with van der Waals surface area (Å²) >= 11 is 6.01. The molecule has 0 saturated heterocycles. The Morgan fingerprint density at radius 2 is 1.82 bits per heavy atom. The number of hydrogen-bond donors (Lipinski definition) is 3. The van der Waals surface area contributed by atoms with E-state index >= 15 is 0 Å². The smallest absolute Gasteiger partial charge is 0.241 e. The second-order valence-corrected chi connectivity index (χ2v) is 9.54. The molecule has 7 nitrogen and oxygen atoms in total. The molecule has 0 radical (unpaired) electrons. The number of aromatic nitrogens is 3. The number of nitrogens with one attached hydrogen (secondary N) is 3. The zero-order valence-electron chi connectivity index (χ0n) is 20.9. The number of ketones is 1. The maximum atomic E-state index is 13.8. The summed E-state index contributed by atoms with van der Waals surface area (Å²) in [5.74, 6) is -0.109. The predicted molar refractivity (Wildman–Crippen MR) is 150 cm³/mol. The van der Waals surface area contributed by atoms with Gasteiger partial charge < -0.3 is 15.6 Å². The lowest BCUT2D eigenvalue weighted by Gasteiger charge is -2.18. The molecular weight excluding hydrogens is 498 g/mol. The molecule has 192 valence electrons. The Labute approximate surface area is 225 Å². The third-order valence-electron chi connectivity index (χ3n) is 6.57. The van der Waals surface area contributed by atoms with Crippen LogP contribution in [0, 0.1) is 0 Å². The van der Waals surface area contributed by atoms with E-state index in [1.165, 1.54) is 0 Å². The molecule has 0 unspecified atom stereocenters. The van der Waals surface area contributed by atoms with Crippen molar-refractivity contribution in [2.45, 2.75) is 19.0 Å². The van der Waals surface area contributed by atoms with Gasteiger partial charge in [-0.3, -0.25) is 14.3 Å².